The summed E-state index contributed by atoms with van der Waals surface area (Å²) in [6.07, 6.45) is 1.93. The number of amides is 1. The van der Waals surface area contributed by atoms with Gasteiger partial charge in [-0.15, -0.1) is 0 Å². The summed E-state index contributed by atoms with van der Waals surface area (Å²) in [5.41, 5.74) is 2.48. The molecule has 190 valence electrons. The fourth-order valence-corrected chi connectivity index (χ4v) is 5.09. The highest BCUT2D eigenvalue weighted by Crippen LogP contribution is 2.44. The van der Waals surface area contributed by atoms with Crippen LogP contribution in [-0.2, 0) is 0 Å². The maximum absolute atomic E-state index is 13.9. The van der Waals surface area contributed by atoms with Crippen molar-refractivity contribution in [2.75, 3.05) is 18.6 Å². The minimum Gasteiger partial charge on any atom is -0.493 e. The lowest BCUT2D eigenvalue weighted by atomic mass is 9.97. The summed E-state index contributed by atoms with van der Waals surface area (Å²) in [6.45, 7) is 4.55. The molecule has 0 radical (unpaired) electrons. The molecule has 0 saturated heterocycles. The third kappa shape index (κ3) is 4.51. The van der Waals surface area contributed by atoms with Crippen LogP contribution < -0.4 is 19.8 Å². The topological polar surface area (TPSA) is 69.0 Å². The van der Waals surface area contributed by atoms with E-state index in [-0.39, 0.29) is 16.8 Å². The second-order valence-corrected chi connectivity index (χ2v) is 10.3. The number of aryl methyl sites for hydroxylation is 1. The Morgan fingerprint density at radius 1 is 1.05 bits per heavy atom. The number of ether oxygens (including phenoxy) is 2. The zero-order valence-corrected chi connectivity index (χ0v) is 23.0. The Morgan fingerprint density at radius 2 is 1.86 bits per heavy atom. The van der Waals surface area contributed by atoms with Gasteiger partial charge in [-0.2, -0.15) is 0 Å². The van der Waals surface area contributed by atoms with E-state index in [1.807, 2.05) is 37.3 Å². The highest BCUT2D eigenvalue weighted by Gasteiger charge is 2.44. The summed E-state index contributed by atoms with van der Waals surface area (Å²) in [5, 5.41) is 0.909. The third-order valence-corrected chi connectivity index (χ3v) is 7.43. The van der Waals surface area contributed by atoms with Gasteiger partial charge in [0, 0.05) is 15.2 Å². The summed E-state index contributed by atoms with van der Waals surface area (Å²) >= 11 is 9.88. The summed E-state index contributed by atoms with van der Waals surface area (Å²) < 4.78 is 18.3. The van der Waals surface area contributed by atoms with Gasteiger partial charge in [0.2, 0.25) is 5.76 Å². The van der Waals surface area contributed by atoms with E-state index in [4.69, 9.17) is 25.5 Å². The van der Waals surface area contributed by atoms with Gasteiger partial charge in [-0.05, 0) is 66.9 Å². The Balaban J connectivity index is 1.73. The van der Waals surface area contributed by atoms with E-state index in [1.165, 1.54) is 0 Å². The molecule has 4 aromatic rings. The summed E-state index contributed by atoms with van der Waals surface area (Å²) in [6, 6.07) is 15.3. The summed E-state index contributed by atoms with van der Waals surface area (Å²) in [7, 11) is 1.57. The van der Waals surface area contributed by atoms with Crippen LogP contribution in [0.1, 0.15) is 53.1 Å². The Hall–Kier alpha value is -3.29. The van der Waals surface area contributed by atoms with Crippen LogP contribution in [0.25, 0.3) is 11.0 Å². The SMILES string of the molecule is CCCCOc1ccc(C2c3c(oc4ccc(Br)cc4c3=O)C(=O)N2c2ccc(C)c(Cl)c2)cc1OC. The van der Waals surface area contributed by atoms with Crippen LogP contribution in [0.15, 0.2) is 68.3 Å². The number of rotatable bonds is 7. The number of halogens is 2. The van der Waals surface area contributed by atoms with Gasteiger partial charge in [0.15, 0.2) is 16.9 Å². The highest BCUT2D eigenvalue weighted by molar-refractivity contribution is 9.10. The molecule has 3 aromatic carbocycles. The number of anilines is 1. The first-order chi connectivity index (χ1) is 17.8. The molecule has 0 spiro atoms. The van der Waals surface area contributed by atoms with Crippen LogP contribution >= 0.6 is 27.5 Å². The Bertz CT molecular complexity index is 1580. The lowest BCUT2D eigenvalue weighted by Gasteiger charge is -2.26. The van der Waals surface area contributed by atoms with Crippen LogP contribution in [0.2, 0.25) is 5.02 Å². The second kappa shape index (κ2) is 10.2. The molecule has 0 fully saturated rings. The Morgan fingerprint density at radius 3 is 2.59 bits per heavy atom. The van der Waals surface area contributed by atoms with Crippen LogP contribution in [0, 0.1) is 6.92 Å². The van der Waals surface area contributed by atoms with Crippen molar-refractivity contribution in [1.82, 2.24) is 0 Å². The fourth-order valence-electron chi connectivity index (χ4n) is 4.56. The summed E-state index contributed by atoms with van der Waals surface area (Å²) in [4.78, 5) is 29.2. The van der Waals surface area contributed by atoms with E-state index < -0.39 is 11.9 Å². The molecule has 37 heavy (non-hydrogen) atoms. The quantitative estimate of drug-likeness (QED) is 0.212. The number of nitrogens with zero attached hydrogens (tertiary/aromatic N) is 1. The molecule has 1 atom stereocenters. The fraction of sp³-hybridized carbons (Fsp3) is 0.241. The zero-order valence-electron chi connectivity index (χ0n) is 20.6. The van der Waals surface area contributed by atoms with Crippen molar-refractivity contribution in [3.63, 3.8) is 0 Å². The van der Waals surface area contributed by atoms with Crippen LogP contribution in [0.4, 0.5) is 5.69 Å². The normalized spacial score (nSPS) is 14.8. The van der Waals surface area contributed by atoms with E-state index in [2.05, 4.69) is 22.9 Å². The van der Waals surface area contributed by atoms with Gasteiger partial charge >= 0.3 is 0 Å². The van der Waals surface area contributed by atoms with Crippen molar-refractivity contribution in [2.45, 2.75) is 32.7 Å². The van der Waals surface area contributed by atoms with E-state index in [0.29, 0.717) is 45.3 Å². The van der Waals surface area contributed by atoms with Gasteiger partial charge in [0.25, 0.3) is 5.91 Å². The monoisotopic (exact) mass is 581 g/mol. The molecule has 1 unspecified atom stereocenters. The average Bonchev–Trinajstić information content (AvgIpc) is 3.19. The van der Waals surface area contributed by atoms with Crippen LogP contribution in [-0.4, -0.2) is 19.6 Å². The lowest BCUT2D eigenvalue weighted by molar-refractivity contribution is 0.0971. The number of fused-ring (bicyclic) bond motifs is 2. The molecule has 1 aromatic heterocycles. The zero-order chi connectivity index (χ0) is 26.3. The smallest absolute Gasteiger partial charge is 0.295 e. The molecule has 1 aliphatic heterocycles. The van der Waals surface area contributed by atoms with Crippen molar-refractivity contribution < 1.29 is 18.7 Å². The number of hydrogen-bond donors (Lipinski definition) is 0. The van der Waals surface area contributed by atoms with Crippen molar-refractivity contribution >= 4 is 50.1 Å². The van der Waals surface area contributed by atoms with E-state index in [0.717, 1.165) is 22.9 Å². The minimum atomic E-state index is -0.750. The van der Waals surface area contributed by atoms with E-state index in [1.54, 1.807) is 36.3 Å². The molecule has 6 nitrogen and oxygen atoms in total. The average molecular weight is 583 g/mol. The van der Waals surface area contributed by atoms with Crippen molar-refractivity contribution in [1.29, 1.82) is 0 Å². The van der Waals surface area contributed by atoms with Crippen LogP contribution in [0.5, 0.6) is 11.5 Å². The maximum atomic E-state index is 13.9. The standard InChI is InChI=1S/C29H25BrClNO5/c1-4-5-12-36-23-10-7-17(13-24(23)35-3)26-25-27(33)20-14-18(30)8-11-22(20)37-28(25)29(34)32(26)19-9-6-16(2)21(31)15-19/h6-11,13-15,26H,4-5,12H2,1-3H3. The minimum absolute atomic E-state index is 0.0174. The van der Waals surface area contributed by atoms with Crippen molar-refractivity contribution in [3.8, 4) is 11.5 Å². The predicted octanol–water partition coefficient (Wildman–Crippen LogP) is 7.45. The molecule has 1 aliphatic rings. The first-order valence-corrected chi connectivity index (χ1v) is 13.2. The first-order valence-electron chi connectivity index (χ1n) is 12.0. The number of carbonyl (C=O) groups excluding carboxylic acids is 1. The van der Waals surface area contributed by atoms with E-state index >= 15 is 0 Å². The van der Waals surface area contributed by atoms with E-state index in [9.17, 15) is 9.59 Å². The van der Waals surface area contributed by atoms with Gasteiger partial charge in [0.05, 0.1) is 30.7 Å². The number of benzene rings is 3. The van der Waals surface area contributed by atoms with Gasteiger partial charge < -0.3 is 13.9 Å². The van der Waals surface area contributed by atoms with Gasteiger partial charge in [0.1, 0.15) is 5.58 Å². The largest absolute Gasteiger partial charge is 0.493 e. The molecule has 0 bridgehead atoms. The molecule has 1 amide bonds. The molecule has 0 saturated carbocycles. The molecular weight excluding hydrogens is 558 g/mol. The second-order valence-electron chi connectivity index (χ2n) is 8.94. The predicted molar refractivity (Wildman–Crippen MR) is 148 cm³/mol. The Labute approximate surface area is 227 Å². The lowest BCUT2D eigenvalue weighted by Crippen LogP contribution is -2.29. The molecule has 2 heterocycles. The number of unbranched alkanes of at least 4 members (excludes halogenated alkanes) is 1. The Kier molecular flexibility index (Phi) is 7.01. The van der Waals surface area contributed by atoms with Gasteiger partial charge in [-0.25, -0.2) is 0 Å². The maximum Gasteiger partial charge on any atom is 0.295 e. The van der Waals surface area contributed by atoms with Crippen LogP contribution in [0.3, 0.4) is 0 Å². The number of carbonyl (C=O) groups is 1. The summed E-state index contributed by atoms with van der Waals surface area (Å²) in [5.74, 6) is 0.723. The third-order valence-electron chi connectivity index (χ3n) is 6.52. The highest BCUT2D eigenvalue weighted by atomic mass is 79.9. The molecular formula is C29H25BrClNO5. The van der Waals surface area contributed by atoms with Crippen molar-refractivity contribution in [2.24, 2.45) is 0 Å². The molecule has 0 aliphatic carbocycles. The van der Waals surface area contributed by atoms with Crippen molar-refractivity contribution in [3.05, 3.63) is 96.8 Å². The first kappa shape index (κ1) is 25.4. The molecule has 0 N–H and O–H groups in total. The molecule has 5 rings (SSSR count). The van der Waals surface area contributed by atoms with Gasteiger partial charge in [-0.3, -0.25) is 14.5 Å². The molecule has 8 heteroatoms. The number of hydrogen-bond acceptors (Lipinski definition) is 5. The van der Waals surface area contributed by atoms with Gasteiger partial charge in [-0.1, -0.05) is 53.0 Å². The number of methoxy groups -OCH3 is 1.